The molecular formula is C8H13N3. The Bertz CT molecular complexity index is 199. The van der Waals surface area contributed by atoms with Gasteiger partial charge in [-0.05, 0) is 13.0 Å². The number of amidine groups is 1. The molecule has 0 saturated heterocycles. The molecule has 0 atom stereocenters. The van der Waals surface area contributed by atoms with Crippen molar-refractivity contribution < 1.29 is 0 Å². The van der Waals surface area contributed by atoms with E-state index in [-0.39, 0.29) is 0 Å². The lowest BCUT2D eigenvalue weighted by atomic mass is 10.5. The molecule has 0 spiro atoms. The fourth-order valence-electron chi connectivity index (χ4n) is 0.501. The van der Waals surface area contributed by atoms with Crippen LogP contribution in [-0.4, -0.2) is 32.4 Å². The van der Waals surface area contributed by atoms with E-state index in [1.807, 2.05) is 19.1 Å². The van der Waals surface area contributed by atoms with Crippen LogP contribution in [-0.2, 0) is 0 Å². The molecule has 0 aromatic heterocycles. The Morgan fingerprint density at radius 2 is 1.91 bits per heavy atom. The second-order valence-corrected chi connectivity index (χ2v) is 1.77. The number of nitrogens with zero attached hydrogens (tertiary/aromatic N) is 3. The van der Waals surface area contributed by atoms with Gasteiger partial charge in [0.1, 0.15) is 5.84 Å². The van der Waals surface area contributed by atoms with Gasteiger partial charge in [-0.15, -0.1) is 0 Å². The Kier molecular flexibility index (Phi) is 6.08. The van der Waals surface area contributed by atoms with Crippen LogP contribution in [0.25, 0.3) is 0 Å². The van der Waals surface area contributed by atoms with Gasteiger partial charge < -0.3 is 0 Å². The molecule has 0 fully saturated rings. The van der Waals surface area contributed by atoms with Gasteiger partial charge in [0.05, 0.1) is 0 Å². The van der Waals surface area contributed by atoms with E-state index in [2.05, 4.69) is 15.0 Å². The summed E-state index contributed by atoms with van der Waals surface area (Å²) in [7, 11) is 3.40. The maximum absolute atomic E-state index is 4.01. The summed E-state index contributed by atoms with van der Waals surface area (Å²) in [5, 5.41) is 0. The second-order valence-electron chi connectivity index (χ2n) is 1.77. The standard InChI is InChI=1S/C8H13N3/c1-4-5-8(10-3)11-7-6-9-2/h4-7H,1-3H3/b5-4-,9-6?,10-8?,11-7?. The first kappa shape index (κ1) is 9.75. The van der Waals surface area contributed by atoms with Crippen molar-refractivity contribution in [1.82, 2.24) is 0 Å². The molecule has 60 valence electrons. The lowest BCUT2D eigenvalue weighted by Gasteiger charge is -1.86. The van der Waals surface area contributed by atoms with Crippen LogP contribution >= 0.6 is 0 Å². The topological polar surface area (TPSA) is 37.1 Å². The highest BCUT2D eigenvalue weighted by molar-refractivity contribution is 6.20. The van der Waals surface area contributed by atoms with E-state index < -0.39 is 0 Å². The molecule has 0 bridgehead atoms. The van der Waals surface area contributed by atoms with Crippen LogP contribution in [0.5, 0.6) is 0 Å². The molecule has 0 aliphatic heterocycles. The number of rotatable bonds is 2. The minimum atomic E-state index is 0.701. The van der Waals surface area contributed by atoms with Crippen LogP contribution in [0.2, 0.25) is 0 Å². The summed E-state index contributed by atoms with van der Waals surface area (Å²) in [6, 6.07) is 0. The first-order valence-corrected chi connectivity index (χ1v) is 3.39. The van der Waals surface area contributed by atoms with Gasteiger partial charge in [0, 0.05) is 26.5 Å². The second kappa shape index (κ2) is 6.86. The Labute approximate surface area is 67.3 Å². The molecule has 0 N–H and O–H groups in total. The van der Waals surface area contributed by atoms with Crippen LogP contribution < -0.4 is 0 Å². The Balaban J connectivity index is 4.09. The minimum Gasteiger partial charge on any atom is -0.295 e. The van der Waals surface area contributed by atoms with E-state index in [1.54, 1.807) is 26.5 Å². The molecule has 0 heterocycles. The SMILES string of the molecule is C/C=C\C(N=CC=NC)=NC. The highest BCUT2D eigenvalue weighted by Gasteiger charge is 1.81. The Morgan fingerprint density at radius 1 is 1.18 bits per heavy atom. The van der Waals surface area contributed by atoms with E-state index in [0.29, 0.717) is 5.84 Å². The van der Waals surface area contributed by atoms with Gasteiger partial charge in [-0.3, -0.25) is 9.98 Å². The summed E-state index contributed by atoms with van der Waals surface area (Å²) in [4.78, 5) is 11.7. The van der Waals surface area contributed by atoms with Crippen molar-refractivity contribution in [2.24, 2.45) is 15.0 Å². The summed E-state index contributed by atoms with van der Waals surface area (Å²) in [6.45, 7) is 1.93. The van der Waals surface area contributed by atoms with Gasteiger partial charge in [-0.2, -0.15) is 0 Å². The van der Waals surface area contributed by atoms with Crippen molar-refractivity contribution in [2.45, 2.75) is 6.92 Å². The number of hydrogen-bond donors (Lipinski definition) is 0. The summed E-state index contributed by atoms with van der Waals surface area (Å²) in [6.07, 6.45) is 6.96. The quantitative estimate of drug-likeness (QED) is 0.422. The number of aliphatic imine (C=N–C) groups is 3. The average molecular weight is 151 g/mol. The molecule has 0 saturated carbocycles. The van der Waals surface area contributed by atoms with Gasteiger partial charge in [-0.1, -0.05) is 6.08 Å². The van der Waals surface area contributed by atoms with Gasteiger partial charge in [0.25, 0.3) is 0 Å². The summed E-state index contributed by atoms with van der Waals surface area (Å²) >= 11 is 0. The molecular weight excluding hydrogens is 138 g/mol. The van der Waals surface area contributed by atoms with Crippen LogP contribution in [0.4, 0.5) is 0 Å². The van der Waals surface area contributed by atoms with Gasteiger partial charge >= 0.3 is 0 Å². The molecule has 0 aromatic carbocycles. The zero-order chi connectivity index (χ0) is 8.53. The molecule has 0 aliphatic carbocycles. The molecule has 0 unspecified atom stereocenters. The van der Waals surface area contributed by atoms with Gasteiger partial charge in [0.15, 0.2) is 0 Å². The maximum Gasteiger partial charge on any atom is 0.146 e. The van der Waals surface area contributed by atoms with Gasteiger partial charge in [-0.25, -0.2) is 4.99 Å². The predicted molar refractivity (Wildman–Crippen MR) is 51.1 cm³/mol. The summed E-state index contributed by atoms with van der Waals surface area (Å²) in [5.41, 5.74) is 0. The van der Waals surface area contributed by atoms with Crippen LogP contribution in [0.15, 0.2) is 27.1 Å². The number of hydrogen-bond acceptors (Lipinski definition) is 2. The zero-order valence-electron chi connectivity index (χ0n) is 7.15. The lowest BCUT2D eigenvalue weighted by molar-refractivity contribution is 1.41. The van der Waals surface area contributed by atoms with Crippen molar-refractivity contribution in [3.8, 4) is 0 Å². The van der Waals surface area contributed by atoms with E-state index >= 15 is 0 Å². The van der Waals surface area contributed by atoms with Crippen molar-refractivity contribution in [1.29, 1.82) is 0 Å². The lowest BCUT2D eigenvalue weighted by Crippen LogP contribution is -1.88. The van der Waals surface area contributed by atoms with Crippen molar-refractivity contribution >= 4 is 18.3 Å². The first-order chi connectivity index (χ1) is 5.35. The molecule has 0 aromatic rings. The minimum absolute atomic E-state index is 0.701. The van der Waals surface area contributed by atoms with Crippen LogP contribution in [0.1, 0.15) is 6.92 Å². The van der Waals surface area contributed by atoms with E-state index in [0.717, 1.165) is 0 Å². The Hall–Kier alpha value is -1.25. The third-order valence-electron chi connectivity index (χ3n) is 0.967. The highest BCUT2D eigenvalue weighted by Crippen LogP contribution is 1.81. The normalized spacial score (nSPS) is 14.3. The van der Waals surface area contributed by atoms with Crippen LogP contribution in [0, 0.1) is 0 Å². The Morgan fingerprint density at radius 3 is 2.36 bits per heavy atom. The average Bonchev–Trinajstić information content (AvgIpc) is 2.03. The fourth-order valence-corrected chi connectivity index (χ4v) is 0.501. The molecule has 0 radical (unpaired) electrons. The molecule has 11 heavy (non-hydrogen) atoms. The molecule has 0 aliphatic rings. The molecule has 0 amide bonds. The summed E-state index contributed by atoms with van der Waals surface area (Å²) < 4.78 is 0. The zero-order valence-corrected chi connectivity index (χ0v) is 7.15. The predicted octanol–water partition coefficient (Wildman–Crippen LogP) is 1.36. The number of allylic oxidation sites excluding steroid dienone is 1. The van der Waals surface area contributed by atoms with Crippen molar-refractivity contribution in [2.75, 3.05) is 14.1 Å². The molecule has 0 rings (SSSR count). The fraction of sp³-hybridized carbons (Fsp3) is 0.375. The monoisotopic (exact) mass is 151 g/mol. The van der Waals surface area contributed by atoms with E-state index in [4.69, 9.17) is 0 Å². The van der Waals surface area contributed by atoms with Gasteiger partial charge in [0.2, 0.25) is 0 Å². The van der Waals surface area contributed by atoms with Crippen LogP contribution in [0.3, 0.4) is 0 Å². The largest absolute Gasteiger partial charge is 0.295 e. The van der Waals surface area contributed by atoms with E-state index in [1.165, 1.54) is 0 Å². The van der Waals surface area contributed by atoms with Crippen molar-refractivity contribution in [3.05, 3.63) is 12.2 Å². The smallest absolute Gasteiger partial charge is 0.146 e. The van der Waals surface area contributed by atoms with Crippen molar-refractivity contribution in [3.63, 3.8) is 0 Å². The summed E-state index contributed by atoms with van der Waals surface area (Å²) in [5.74, 6) is 0.701. The third-order valence-corrected chi connectivity index (χ3v) is 0.967. The third kappa shape index (κ3) is 5.21. The first-order valence-electron chi connectivity index (χ1n) is 3.39. The maximum atomic E-state index is 4.01. The highest BCUT2D eigenvalue weighted by atomic mass is 14.9. The molecule has 3 nitrogen and oxygen atoms in total. The molecule has 3 heteroatoms. The van der Waals surface area contributed by atoms with E-state index in [9.17, 15) is 0 Å².